The van der Waals surface area contributed by atoms with E-state index >= 15 is 0 Å². The van der Waals surface area contributed by atoms with Crippen molar-refractivity contribution in [2.75, 3.05) is 19.8 Å². The topological polar surface area (TPSA) is 30.5 Å². The lowest BCUT2D eigenvalue weighted by Gasteiger charge is -2.23. The average Bonchev–Trinajstić information content (AvgIpc) is 2.71. The van der Waals surface area contributed by atoms with E-state index in [0.29, 0.717) is 6.04 Å². The third-order valence-electron chi connectivity index (χ3n) is 3.13. The van der Waals surface area contributed by atoms with Crippen molar-refractivity contribution in [1.29, 1.82) is 0 Å². The van der Waals surface area contributed by atoms with E-state index in [1.807, 2.05) is 0 Å². The summed E-state index contributed by atoms with van der Waals surface area (Å²) in [7, 11) is 0. The second-order valence-electron chi connectivity index (χ2n) is 4.79. The van der Waals surface area contributed by atoms with Crippen molar-refractivity contribution in [2.45, 2.75) is 58.8 Å². The van der Waals surface area contributed by atoms with Gasteiger partial charge in [0.15, 0.2) is 6.29 Å². The Bertz CT molecular complexity index is 169. The van der Waals surface area contributed by atoms with E-state index in [4.69, 9.17) is 9.47 Å². The molecule has 96 valence electrons. The molecule has 0 radical (unpaired) electrons. The lowest BCUT2D eigenvalue weighted by Crippen LogP contribution is -2.34. The Balaban J connectivity index is 2.27. The van der Waals surface area contributed by atoms with Crippen LogP contribution < -0.4 is 5.32 Å². The van der Waals surface area contributed by atoms with Crippen LogP contribution in [0.2, 0.25) is 0 Å². The Hall–Kier alpha value is -0.120. The molecule has 0 aromatic heterocycles. The summed E-state index contributed by atoms with van der Waals surface area (Å²) in [6.45, 7) is 9.29. The molecule has 0 aromatic rings. The predicted molar refractivity (Wildman–Crippen MR) is 66.5 cm³/mol. The monoisotopic (exact) mass is 229 g/mol. The summed E-state index contributed by atoms with van der Waals surface area (Å²) in [5.41, 5.74) is 0. The van der Waals surface area contributed by atoms with Crippen LogP contribution in [0.25, 0.3) is 0 Å². The molecule has 2 atom stereocenters. The van der Waals surface area contributed by atoms with Gasteiger partial charge in [-0.2, -0.15) is 0 Å². The average molecular weight is 229 g/mol. The highest BCUT2D eigenvalue weighted by molar-refractivity contribution is 4.72. The zero-order valence-electron chi connectivity index (χ0n) is 11.0. The van der Waals surface area contributed by atoms with Crippen LogP contribution in [0.4, 0.5) is 0 Å². The van der Waals surface area contributed by atoms with Gasteiger partial charge in [-0.15, -0.1) is 0 Å². The van der Waals surface area contributed by atoms with Crippen LogP contribution in [-0.2, 0) is 9.47 Å². The molecule has 1 rings (SSSR count). The minimum absolute atomic E-state index is 0.0258. The van der Waals surface area contributed by atoms with Crippen LogP contribution in [0, 0.1) is 5.92 Å². The summed E-state index contributed by atoms with van der Waals surface area (Å²) >= 11 is 0. The molecule has 3 heteroatoms. The second-order valence-corrected chi connectivity index (χ2v) is 4.79. The molecule has 0 aromatic carbocycles. The Morgan fingerprint density at radius 2 is 1.94 bits per heavy atom. The minimum atomic E-state index is 0.0258. The molecule has 1 saturated heterocycles. The summed E-state index contributed by atoms with van der Waals surface area (Å²) in [6.07, 6.45) is 4.83. The molecule has 16 heavy (non-hydrogen) atoms. The van der Waals surface area contributed by atoms with Gasteiger partial charge in [-0.3, -0.25) is 0 Å². The van der Waals surface area contributed by atoms with E-state index in [1.165, 1.54) is 19.3 Å². The largest absolute Gasteiger partial charge is 0.350 e. The lowest BCUT2D eigenvalue weighted by molar-refractivity contribution is -0.0538. The molecule has 1 aliphatic rings. The summed E-state index contributed by atoms with van der Waals surface area (Å²) < 4.78 is 11.0. The number of hydrogen-bond acceptors (Lipinski definition) is 3. The molecule has 0 bridgehead atoms. The fraction of sp³-hybridized carbons (Fsp3) is 1.00. The number of hydrogen-bond donors (Lipinski definition) is 1. The van der Waals surface area contributed by atoms with Gasteiger partial charge >= 0.3 is 0 Å². The number of nitrogens with one attached hydrogen (secondary N) is 1. The lowest BCUT2D eigenvalue weighted by atomic mass is 9.95. The van der Waals surface area contributed by atoms with E-state index in [1.54, 1.807) is 0 Å². The van der Waals surface area contributed by atoms with Gasteiger partial charge in [0.25, 0.3) is 0 Å². The molecule has 1 N–H and O–H groups in total. The Morgan fingerprint density at radius 1 is 1.25 bits per heavy atom. The van der Waals surface area contributed by atoms with Gasteiger partial charge in [-0.05, 0) is 18.9 Å². The maximum absolute atomic E-state index is 5.51. The summed E-state index contributed by atoms with van der Waals surface area (Å²) in [4.78, 5) is 0. The van der Waals surface area contributed by atoms with E-state index in [0.717, 1.165) is 32.1 Å². The van der Waals surface area contributed by atoms with Crippen LogP contribution in [0.15, 0.2) is 0 Å². The number of ether oxygens (including phenoxy) is 2. The van der Waals surface area contributed by atoms with Gasteiger partial charge in [-0.1, -0.05) is 33.6 Å². The zero-order chi connectivity index (χ0) is 11.8. The van der Waals surface area contributed by atoms with Gasteiger partial charge < -0.3 is 14.8 Å². The highest BCUT2D eigenvalue weighted by Crippen LogP contribution is 2.18. The first-order chi connectivity index (χ1) is 7.76. The van der Waals surface area contributed by atoms with E-state index in [2.05, 4.69) is 26.1 Å². The third kappa shape index (κ3) is 5.28. The highest BCUT2D eigenvalue weighted by Gasteiger charge is 2.22. The van der Waals surface area contributed by atoms with Crippen molar-refractivity contribution >= 4 is 0 Å². The molecule has 2 unspecified atom stereocenters. The maximum Gasteiger partial charge on any atom is 0.159 e. The van der Waals surface area contributed by atoms with E-state index in [-0.39, 0.29) is 6.29 Å². The van der Waals surface area contributed by atoms with Gasteiger partial charge in [-0.25, -0.2) is 0 Å². The van der Waals surface area contributed by atoms with Crippen LogP contribution in [0.1, 0.15) is 46.5 Å². The first kappa shape index (κ1) is 13.9. The van der Waals surface area contributed by atoms with Crippen molar-refractivity contribution in [2.24, 2.45) is 5.92 Å². The van der Waals surface area contributed by atoms with Crippen LogP contribution >= 0.6 is 0 Å². The van der Waals surface area contributed by atoms with Gasteiger partial charge in [0.2, 0.25) is 0 Å². The molecule has 1 aliphatic heterocycles. The summed E-state index contributed by atoms with van der Waals surface area (Å²) in [5.74, 6) is 0.787. The molecule has 1 heterocycles. The van der Waals surface area contributed by atoms with Crippen LogP contribution in [0.3, 0.4) is 0 Å². The standard InChI is InChI=1S/C13H27NO2/c1-4-6-11(3)9-12(14-5-2)10-13-15-7-8-16-13/h11-14H,4-10H2,1-3H3. The maximum atomic E-state index is 5.51. The summed E-state index contributed by atoms with van der Waals surface area (Å²) in [5, 5.41) is 3.54. The third-order valence-corrected chi connectivity index (χ3v) is 3.13. The van der Waals surface area contributed by atoms with Crippen molar-refractivity contribution < 1.29 is 9.47 Å². The predicted octanol–water partition coefficient (Wildman–Crippen LogP) is 2.55. The molecular formula is C13H27NO2. The quantitative estimate of drug-likeness (QED) is 0.694. The molecule has 0 saturated carbocycles. The van der Waals surface area contributed by atoms with Gasteiger partial charge in [0, 0.05) is 12.5 Å². The Labute approximate surface area is 99.9 Å². The zero-order valence-corrected chi connectivity index (χ0v) is 11.0. The van der Waals surface area contributed by atoms with Crippen LogP contribution in [0.5, 0.6) is 0 Å². The number of rotatable bonds is 8. The second kappa shape index (κ2) is 8.04. The normalized spacial score (nSPS) is 21.2. The summed E-state index contributed by atoms with van der Waals surface area (Å²) in [6, 6.07) is 0.537. The minimum Gasteiger partial charge on any atom is -0.350 e. The fourth-order valence-electron chi connectivity index (χ4n) is 2.42. The smallest absolute Gasteiger partial charge is 0.159 e. The Kier molecular flexibility index (Phi) is 7.01. The van der Waals surface area contributed by atoms with Crippen molar-refractivity contribution in [3.8, 4) is 0 Å². The first-order valence-corrected chi connectivity index (χ1v) is 6.72. The SMILES string of the molecule is CCCC(C)CC(CC1OCCO1)NCC. The van der Waals surface area contributed by atoms with E-state index in [9.17, 15) is 0 Å². The van der Waals surface area contributed by atoms with Gasteiger partial charge in [0.1, 0.15) is 0 Å². The van der Waals surface area contributed by atoms with E-state index < -0.39 is 0 Å². The first-order valence-electron chi connectivity index (χ1n) is 6.72. The molecule has 1 fully saturated rings. The molecule has 0 aliphatic carbocycles. The fourth-order valence-corrected chi connectivity index (χ4v) is 2.42. The highest BCUT2D eigenvalue weighted by atomic mass is 16.7. The van der Waals surface area contributed by atoms with Crippen molar-refractivity contribution in [3.63, 3.8) is 0 Å². The molecular weight excluding hydrogens is 202 g/mol. The molecule has 0 amide bonds. The van der Waals surface area contributed by atoms with Crippen molar-refractivity contribution in [1.82, 2.24) is 5.32 Å². The Morgan fingerprint density at radius 3 is 2.50 bits per heavy atom. The molecule has 3 nitrogen and oxygen atoms in total. The van der Waals surface area contributed by atoms with Crippen LogP contribution in [-0.4, -0.2) is 32.1 Å². The van der Waals surface area contributed by atoms with Crippen molar-refractivity contribution in [3.05, 3.63) is 0 Å². The molecule has 0 spiro atoms. The van der Waals surface area contributed by atoms with Gasteiger partial charge in [0.05, 0.1) is 13.2 Å².